The van der Waals surface area contributed by atoms with Crippen LogP contribution in [-0.4, -0.2) is 25.2 Å². The van der Waals surface area contributed by atoms with Crippen LogP contribution in [0.15, 0.2) is 54.3 Å². The topological polar surface area (TPSA) is 83.8 Å². The number of H-pyrrole nitrogens is 1. The summed E-state index contributed by atoms with van der Waals surface area (Å²) in [6, 6.07) is 9.03. The van der Waals surface area contributed by atoms with E-state index in [-0.39, 0.29) is 6.42 Å². The number of carbonyl (C=O) groups is 1. The molecular weight excluding hydrogens is 529 g/mol. The molecule has 4 rings (SSSR count). The highest BCUT2D eigenvalue weighted by atomic mass is 35.5. The van der Waals surface area contributed by atoms with E-state index in [4.69, 9.17) is 37.4 Å². The number of thiophene rings is 1. The molecule has 4 aromatic rings. The Morgan fingerprint density at radius 2 is 1.89 bits per heavy atom. The molecule has 0 fully saturated rings. The van der Waals surface area contributed by atoms with Gasteiger partial charge >= 0.3 is 5.97 Å². The van der Waals surface area contributed by atoms with E-state index >= 15 is 0 Å². The van der Waals surface area contributed by atoms with Gasteiger partial charge in [0.2, 0.25) is 0 Å². The highest BCUT2D eigenvalue weighted by Crippen LogP contribution is 2.35. The Hall–Kier alpha value is -2.85. The van der Waals surface area contributed by atoms with Gasteiger partial charge in [-0.1, -0.05) is 29.3 Å². The van der Waals surface area contributed by atoms with Crippen molar-refractivity contribution in [1.29, 1.82) is 0 Å². The zero-order valence-corrected chi connectivity index (χ0v) is 22.0. The zero-order chi connectivity index (χ0) is 24.8. The number of aromatic nitrogens is 2. The normalized spacial score (nSPS) is 11.7. The molecule has 0 bridgehead atoms. The van der Waals surface area contributed by atoms with Crippen molar-refractivity contribution in [3.8, 4) is 11.5 Å². The molecule has 0 radical (unpaired) electrons. The molecule has 11 heteroatoms. The molecule has 3 heterocycles. The molecule has 0 saturated heterocycles. The lowest BCUT2D eigenvalue weighted by Crippen LogP contribution is -2.15. The lowest BCUT2D eigenvalue weighted by Gasteiger charge is -2.20. The molecule has 0 unspecified atom stereocenters. The van der Waals surface area contributed by atoms with Gasteiger partial charge < -0.3 is 19.5 Å². The third-order valence-corrected chi connectivity index (χ3v) is 7.59. The summed E-state index contributed by atoms with van der Waals surface area (Å²) >= 11 is 15.7. The Balaban J connectivity index is 1.57. The van der Waals surface area contributed by atoms with Gasteiger partial charge in [-0.25, -0.2) is 14.8 Å². The van der Waals surface area contributed by atoms with Gasteiger partial charge in [-0.15, -0.1) is 22.7 Å². The van der Waals surface area contributed by atoms with E-state index in [1.165, 1.54) is 22.7 Å². The Morgan fingerprint density at radius 3 is 2.57 bits per heavy atom. The van der Waals surface area contributed by atoms with Crippen molar-refractivity contribution >= 4 is 57.0 Å². The number of nitrogens with zero attached hydrogens (tertiary/aromatic N) is 1. The van der Waals surface area contributed by atoms with Gasteiger partial charge in [0.05, 0.1) is 20.8 Å². The summed E-state index contributed by atoms with van der Waals surface area (Å²) in [5, 5.41) is 6.86. The van der Waals surface area contributed by atoms with Crippen molar-refractivity contribution in [2.24, 2.45) is 0 Å². The number of pyridine rings is 1. The van der Waals surface area contributed by atoms with E-state index in [1.807, 2.05) is 17.5 Å². The minimum Gasteiger partial charge on any atom is -0.493 e. The summed E-state index contributed by atoms with van der Waals surface area (Å²) in [6.07, 6.45) is 4.62. The molecule has 182 valence electrons. The smallest absolute Gasteiger partial charge is 0.348 e. The number of anilines is 1. The fourth-order valence-corrected chi connectivity index (χ4v) is 5.27. The van der Waals surface area contributed by atoms with Crippen LogP contribution in [0.3, 0.4) is 0 Å². The SMILES string of the molecule is COc1ccc([C@H](Cc2c(Cl)c[nH+]cc2Cl)OC(=O)c2ccc(CNc3nccs3)s2)cc1OC. The number of esters is 1. The second-order valence-corrected chi connectivity index (χ2v) is 10.2. The number of rotatable bonds is 10. The van der Waals surface area contributed by atoms with Crippen LogP contribution >= 0.6 is 45.9 Å². The monoisotopic (exact) mass is 550 g/mol. The molecular formula is C24H22Cl2N3O4S2+. The van der Waals surface area contributed by atoms with E-state index in [1.54, 1.807) is 51.0 Å². The van der Waals surface area contributed by atoms with Crippen LogP contribution in [0.2, 0.25) is 10.0 Å². The number of methoxy groups -OCH3 is 2. The van der Waals surface area contributed by atoms with Gasteiger partial charge in [0.15, 0.2) is 29.0 Å². The number of hydrogen-bond acceptors (Lipinski definition) is 8. The Kier molecular flexibility index (Phi) is 8.46. The molecule has 7 nitrogen and oxygen atoms in total. The van der Waals surface area contributed by atoms with Crippen LogP contribution in [0.4, 0.5) is 5.13 Å². The van der Waals surface area contributed by atoms with Crippen LogP contribution in [0.25, 0.3) is 0 Å². The molecule has 0 aliphatic carbocycles. The first-order chi connectivity index (χ1) is 17.0. The van der Waals surface area contributed by atoms with Gasteiger partial charge in [-0.2, -0.15) is 0 Å². The summed E-state index contributed by atoms with van der Waals surface area (Å²) in [7, 11) is 3.11. The molecule has 1 aromatic carbocycles. The maximum atomic E-state index is 13.1. The lowest BCUT2D eigenvalue weighted by atomic mass is 10.0. The molecule has 0 spiro atoms. The largest absolute Gasteiger partial charge is 0.493 e. The van der Waals surface area contributed by atoms with Gasteiger partial charge in [0.25, 0.3) is 0 Å². The maximum absolute atomic E-state index is 13.1. The number of nitrogens with one attached hydrogen (secondary N) is 2. The van der Waals surface area contributed by atoms with Crippen LogP contribution in [0.1, 0.15) is 31.8 Å². The van der Waals surface area contributed by atoms with Crippen molar-refractivity contribution in [3.63, 3.8) is 0 Å². The van der Waals surface area contributed by atoms with E-state index in [0.717, 1.165) is 15.6 Å². The average Bonchev–Trinajstić information content (AvgIpc) is 3.56. The maximum Gasteiger partial charge on any atom is 0.348 e. The molecule has 1 atom stereocenters. The third-order valence-electron chi connectivity index (χ3n) is 5.12. The number of aromatic amines is 1. The number of benzene rings is 1. The zero-order valence-electron chi connectivity index (χ0n) is 18.8. The second kappa shape index (κ2) is 11.7. The molecule has 0 saturated carbocycles. The fraction of sp³-hybridized carbons (Fsp3) is 0.208. The third kappa shape index (κ3) is 6.24. The quantitative estimate of drug-likeness (QED) is 0.240. The van der Waals surface area contributed by atoms with E-state index in [9.17, 15) is 4.79 Å². The second-order valence-electron chi connectivity index (χ2n) is 7.30. The molecule has 2 N–H and O–H groups in total. The van der Waals surface area contributed by atoms with Crippen LogP contribution < -0.4 is 19.8 Å². The van der Waals surface area contributed by atoms with Gasteiger partial charge in [0.1, 0.15) is 21.0 Å². The summed E-state index contributed by atoms with van der Waals surface area (Å²) in [6.45, 7) is 0.566. The Morgan fingerprint density at radius 1 is 1.11 bits per heavy atom. The minimum atomic E-state index is -0.668. The Labute approximate surface area is 220 Å². The molecule has 0 aliphatic rings. The predicted octanol–water partition coefficient (Wildman–Crippen LogP) is 6.10. The van der Waals surface area contributed by atoms with Gasteiger partial charge in [0, 0.05) is 28.4 Å². The number of thiazole rings is 1. The fourth-order valence-electron chi connectivity index (χ4n) is 3.38. The summed E-state index contributed by atoms with van der Waals surface area (Å²) < 4.78 is 16.8. The summed E-state index contributed by atoms with van der Waals surface area (Å²) in [4.78, 5) is 21.7. The highest BCUT2D eigenvalue weighted by molar-refractivity contribution is 7.14. The molecule has 3 aromatic heterocycles. The minimum absolute atomic E-state index is 0.275. The summed E-state index contributed by atoms with van der Waals surface area (Å²) in [5.74, 6) is 0.656. The van der Waals surface area contributed by atoms with Gasteiger partial charge in [-0.3, -0.25) is 0 Å². The number of ether oxygens (including phenoxy) is 3. The van der Waals surface area contributed by atoms with Crippen LogP contribution in [0.5, 0.6) is 11.5 Å². The summed E-state index contributed by atoms with van der Waals surface area (Å²) in [5.41, 5.74) is 1.39. The first-order valence-electron chi connectivity index (χ1n) is 10.5. The number of hydrogen-bond donors (Lipinski definition) is 1. The first kappa shape index (κ1) is 25.2. The molecule has 0 aliphatic heterocycles. The van der Waals surface area contributed by atoms with Crippen molar-refractivity contribution in [2.75, 3.05) is 19.5 Å². The Bertz CT molecular complexity index is 1280. The highest BCUT2D eigenvalue weighted by Gasteiger charge is 2.24. The van der Waals surface area contributed by atoms with Crippen molar-refractivity contribution in [3.05, 3.63) is 85.2 Å². The first-order valence-corrected chi connectivity index (χ1v) is 12.9. The van der Waals surface area contributed by atoms with E-state index in [2.05, 4.69) is 15.3 Å². The van der Waals surface area contributed by atoms with E-state index < -0.39 is 12.1 Å². The standard InChI is InChI=1S/C24H21Cl2N3O4S2/c1-31-19-5-3-14(9-21(19)32-2)20(10-16-17(25)12-27-13-18(16)26)33-23(30)22-6-4-15(35-22)11-29-24-28-7-8-34-24/h3-9,12-13,20H,10-11H2,1-2H3,(H,28,29)/p+1/t20-/m0/s1. The van der Waals surface area contributed by atoms with Crippen LogP contribution in [0, 0.1) is 0 Å². The number of halogens is 2. The molecule has 35 heavy (non-hydrogen) atoms. The van der Waals surface area contributed by atoms with Gasteiger partial charge in [-0.05, 0) is 29.8 Å². The number of carbonyl (C=O) groups excluding carboxylic acids is 1. The predicted molar refractivity (Wildman–Crippen MR) is 138 cm³/mol. The van der Waals surface area contributed by atoms with E-state index in [0.29, 0.717) is 38.5 Å². The average molecular weight is 551 g/mol. The molecule has 0 amide bonds. The lowest BCUT2D eigenvalue weighted by molar-refractivity contribution is -0.377. The van der Waals surface area contributed by atoms with Crippen molar-refractivity contribution in [1.82, 2.24) is 4.98 Å². The van der Waals surface area contributed by atoms with Crippen molar-refractivity contribution < 1.29 is 24.0 Å². The van der Waals surface area contributed by atoms with Crippen LogP contribution in [-0.2, 0) is 17.7 Å². The van der Waals surface area contributed by atoms with Crippen molar-refractivity contribution in [2.45, 2.75) is 19.1 Å².